The van der Waals surface area contributed by atoms with Crippen molar-refractivity contribution in [1.29, 1.82) is 0 Å². The van der Waals surface area contributed by atoms with Crippen LogP contribution in [0.4, 0.5) is 5.69 Å². The van der Waals surface area contributed by atoms with Gasteiger partial charge in [0.15, 0.2) is 0 Å². The summed E-state index contributed by atoms with van der Waals surface area (Å²) < 4.78 is 5.81. The average Bonchev–Trinajstić information content (AvgIpc) is 2.53. The predicted octanol–water partition coefficient (Wildman–Crippen LogP) is 3.81. The van der Waals surface area contributed by atoms with Crippen LogP contribution in [0.2, 0.25) is 0 Å². The van der Waals surface area contributed by atoms with Gasteiger partial charge in [0.25, 0.3) is 5.91 Å². The minimum absolute atomic E-state index is 0.271. The Morgan fingerprint density at radius 2 is 2.00 bits per heavy atom. The van der Waals surface area contributed by atoms with E-state index in [9.17, 15) is 9.59 Å². The van der Waals surface area contributed by atoms with Crippen molar-refractivity contribution in [3.63, 3.8) is 0 Å². The van der Waals surface area contributed by atoms with Crippen molar-refractivity contribution in [3.8, 4) is 5.75 Å². The van der Waals surface area contributed by atoms with E-state index in [0.717, 1.165) is 6.08 Å². The van der Waals surface area contributed by atoms with Gasteiger partial charge in [0.2, 0.25) is 0 Å². The third-order valence-corrected chi connectivity index (χ3v) is 3.60. The van der Waals surface area contributed by atoms with Crippen LogP contribution in [0.3, 0.4) is 0 Å². The van der Waals surface area contributed by atoms with E-state index in [4.69, 9.17) is 9.84 Å². The third kappa shape index (κ3) is 4.69. The Kier molecular flexibility index (Phi) is 5.54. The normalized spacial score (nSPS) is 10.5. The summed E-state index contributed by atoms with van der Waals surface area (Å²) >= 11 is 3.34. The maximum Gasteiger partial charge on any atom is 0.328 e. The zero-order valence-electron chi connectivity index (χ0n) is 12.2. The Bertz CT molecular complexity index is 771. The predicted molar refractivity (Wildman–Crippen MR) is 91.8 cm³/mol. The number of aliphatic carboxylic acids is 1. The highest BCUT2D eigenvalue weighted by molar-refractivity contribution is 9.10. The lowest BCUT2D eigenvalue weighted by Gasteiger charge is -2.08. The molecule has 0 bridgehead atoms. The van der Waals surface area contributed by atoms with Gasteiger partial charge >= 0.3 is 5.97 Å². The molecule has 0 aromatic heterocycles. The molecule has 0 aliphatic rings. The van der Waals surface area contributed by atoms with Gasteiger partial charge < -0.3 is 15.2 Å². The van der Waals surface area contributed by atoms with Gasteiger partial charge in [-0.1, -0.05) is 12.1 Å². The highest BCUT2D eigenvalue weighted by Crippen LogP contribution is 2.26. The molecule has 0 radical (unpaired) electrons. The first kappa shape index (κ1) is 16.8. The fourth-order valence-corrected chi connectivity index (χ4v) is 2.44. The van der Waals surface area contributed by atoms with Crippen LogP contribution in [0, 0.1) is 0 Å². The van der Waals surface area contributed by atoms with Crippen molar-refractivity contribution in [2.75, 3.05) is 12.4 Å². The Balaban J connectivity index is 2.15. The first-order chi connectivity index (χ1) is 11.0. The van der Waals surface area contributed by atoms with Gasteiger partial charge in [-0.05, 0) is 57.9 Å². The lowest BCUT2D eigenvalue weighted by Crippen LogP contribution is -2.12. The number of benzene rings is 2. The molecule has 1 amide bonds. The molecule has 0 heterocycles. The molecule has 0 aliphatic carbocycles. The summed E-state index contributed by atoms with van der Waals surface area (Å²) in [7, 11) is 1.55. The summed E-state index contributed by atoms with van der Waals surface area (Å²) in [6.07, 6.45) is 2.50. The summed E-state index contributed by atoms with van der Waals surface area (Å²) in [6.45, 7) is 0. The third-order valence-electron chi connectivity index (χ3n) is 2.98. The molecule has 0 unspecified atom stereocenters. The molecule has 0 fully saturated rings. The van der Waals surface area contributed by atoms with Crippen LogP contribution in [0.1, 0.15) is 15.9 Å². The summed E-state index contributed by atoms with van der Waals surface area (Å²) in [5, 5.41) is 11.4. The van der Waals surface area contributed by atoms with Crippen LogP contribution in [0.5, 0.6) is 5.75 Å². The number of halogens is 1. The summed E-state index contributed by atoms with van der Waals surface area (Å²) in [5.74, 6) is -0.655. The summed E-state index contributed by atoms with van der Waals surface area (Å²) in [6, 6.07) is 11.9. The minimum atomic E-state index is -1.03. The molecule has 5 nitrogen and oxygen atoms in total. The van der Waals surface area contributed by atoms with Gasteiger partial charge in [-0.2, -0.15) is 0 Å². The molecular weight excluding hydrogens is 362 g/mol. The number of rotatable bonds is 5. The van der Waals surface area contributed by atoms with Gasteiger partial charge in [0.05, 0.1) is 11.6 Å². The van der Waals surface area contributed by atoms with Gasteiger partial charge in [-0.25, -0.2) is 4.79 Å². The van der Waals surface area contributed by atoms with E-state index in [-0.39, 0.29) is 5.91 Å². The highest BCUT2D eigenvalue weighted by atomic mass is 79.9. The van der Waals surface area contributed by atoms with E-state index >= 15 is 0 Å². The number of carbonyl (C=O) groups excluding carboxylic acids is 1. The number of anilines is 1. The Morgan fingerprint density at radius 3 is 2.65 bits per heavy atom. The van der Waals surface area contributed by atoms with Crippen molar-refractivity contribution in [3.05, 3.63) is 64.1 Å². The van der Waals surface area contributed by atoms with Crippen molar-refractivity contribution in [2.24, 2.45) is 0 Å². The Labute approximate surface area is 141 Å². The van der Waals surface area contributed by atoms with Crippen LogP contribution in [-0.4, -0.2) is 24.1 Å². The minimum Gasteiger partial charge on any atom is -0.496 e. The molecule has 0 atom stereocenters. The molecular formula is C17H14BrNO4. The quantitative estimate of drug-likeness (QED) is 0.779. The first-order valence-corrected chi connectivity index (χ1v) is 7.45. The van der Waals surface area contributed by atoms with Crippen LogP contribution < -0.4 is 10.1 Å². The van der Waals surface area contributed by atoms with Crippen molar-refractivity contribution in [2.45, 2.75) is 0 Å². The standard InChI is InChI=1S/C17H14BrNO4/c1-23-15-7-6-12(10-14(15)18)17(22)19-13-4-2-3-11(9-13)5-8-16(20)21/h2-10H,1H3,(H,19,22)(H,20,21)/b8-5+. The van der Waals surface area contributed by atoms with E-state index in [1.165, 1.54) is 6.08 Å². The first-order valence-electron chi connectivity index (χ1n) is 6.65. The van der Waals surface area contributed by atoms with Gasteiger partial charge in [-0.3, -0.25) is 4.79 Å². The van der Waals surface area contributed by atoms with E-state index in [1.807, 2.05) is 0 Å². The van der Waals surface area contributed by atoms with Crippen LogP contribution >= 0.6 is 15.9 Å². The molecule has 2 aromatic carbocycles. The molecule has 0 spiro atoms. The molecule has 0 aliphatic heterocycles. The maximum atomic E-state index is 12.3. The number of carbonyl (C=O) groups is 2. The summed E-state index contributed by atoms with van der Waals surface area (Å²) in [4.78, 5) is 22.8. The molecule has 2 rings (SSSR count). The maximum absolute atomic E-state index is 12.3. The lowest BCUT2D eigenvalue weighted by atomic mass is 10.1. The summed E-state index contributed by atoms with van der Waals surface area (Å²) in [5.41, 5.74) is 1.74. The topological polar surface area (TPSA) is 75.6 Å². The molecule has 118 valence electrons. The highest BCUT2D eigenvalue weighted by Gasteiger charge is 2.09. The Hall–Kier alpha value is -2.60. The number of amides is 1. The van der Waals surface area contributed by atoms with Crippen LogP contribution in [0.15, 0.2) is 53.0 Å². The van der Waals surface area contributed by atoms with Crippen molar-refractivity contribution < 1.29 is 19.4 Å². The number of ether oxygens (including phenoxy) is 1. The number of carboxylic acid groups (broad SMARTS) is 1. The second-order valence-electron chi connectivity index (χ2n) is 4.60. The zero-order chi connectivity index (χ0) is 16.8. The monoisotopic (exact) mass is 375 g/mol. The smallest absolute Gasteiger partial charge is 0.328 e. The SMILES string of the molecule is COc1ccc(C(=O)Nc2cccc(/C=C/C(=O)O)c2)cc1Br. The number of methoxy groups -OCH3 is 1. The number of hydrogen-bond acceptors (Lipinski definition) is 3. The van der Waals surface area contributed by atoms with E-state index in [0.29, 0.717) is 27.0 Å². The molecule has 2 N–H and O–H groups in total. The molecule has 2 aromatic rings. The Morgan fingerprint density at radius 1 is 1.22 bits per heavy atom. The number of hydrogen-bond donors (Lipinski definition) is 2. The van der Waals surface area contributed by atoms with Gasteiger partial charge in [0.1, 0.15) is 5.75 Å². The lowest BCUT2D eigenvalue weighted by molar-refractivity contribution is -0.131. The van der Waals surface area contributed by atoms with E-state index in [2.05, 4.69) is 21.2 Å². The zero-order valence-corrected chi connectivity index (χ0v) is 13.8. The van der Waals surface area contributed by atoms with Crippen molar-refractivity contribution in [1.82, 2.24) is 0 Å². The molecule has 6 heteroatoms. The van der Waals surface area contributed by atoms with E-state index < -0.39 is 5.97 Å². The van der Waals surface area contributed by atoms with Gasteiger partial charge in [0, 0.05) is 17.3 Å². The fraction of sp³-hybridized carbons (Fsp3) is 0.0588. The molecule has 0 saturated heterocycles. The second-order valence-corrected chi connectivity index (χ2v) is 5.45. The average molecular weight is 376 g/mol. The van der Waals surface area contributed by atoms with Crippen LogP contribution in [0.25, 0.3) is 6.08 Å². The van der Waals surface area contributed by atoms with Crippen LogP contribution in [-0.2, 0) is 4.79 Å². The van der Waals surface area contributed by atoms with E-state index in [1.54, 1.807) is 49.6 Å². The largest absolute Gasteiger partial charge is 0.496 e. The van der Waals surface area contributed by atoms with Crippen molar-refractivity contribution >= 4 is 39.6 Å². The van der Waals surface area contributed by atoms with Gasteiger partial charge in [-0.15, -0.1) is 0 Å². The molecule has 23 heavy (non-hydrogen) atoms. The number of nitrogens with one attached hydrogen (secondary N) is 1. The number of carboxylic acids is 1. The fourth-order valence-electron chi connectivity index (χ4n) is 1.90. The molecule has 0 saturated carbocycles. The second kappa shape index (κ2) is 7.60.